The molecule has 0 aromatic carbocycles. The summed E-state index contributed by atoms with van der Waals surface area (Å²) in [6.45, 7) is 6.12. The van der Waals surface area contributed by atoms with Gasteiger partial charge in [-0.2, -0.15) is 0 Å². The number of aliphatic imine (C=N–C) groups is 2. The quantitative estimate of drug-likeness (QED) is 0.476. The number of carbonyl (C=O) groups excluding carboxylic acids is 1. The van der Waals surface area contributed by atoms with Crippen molar-refractivity contribution in [2.24, 2.45) is 15.7 Å². The Hall–Kier alpha value is -3.08. The van der Waals surface area contributed by atoms with Gasteiger partial charge in [-0.05, 0) is 26.7 Å². The van der Waals surface area contributed by atoms with Crippen LogP contribution in [0.3, 0.4) is 0 Å². The summed E-state index contributed by atoms with van der Waals surface area (Å²) in [5, 5.41) is 16.8. The first-order chi connectivity index (χ1) is 15.3. The van der Waals surface area contributed by atoms with Crippen molar-refractivity contribution >= 4 is 36.0 Å². The molecule has 0 saturated carbocycles. The zero-order chi connectivity index (χ0) is 23.5. The Balaban J connectivity index is 0.000000244. The number of nitrogens with one attached hydrogen (secondary N) is 1. The van der Waals surface area contributed by atoms with Gasteiger partial charge in [-0.15, -0.1) is 0 Å². The van der Waals surface area contributed by atoms with Crippen LogP contribution < -0.4 is 10.6 Å². The molecule has 2 fully saturated rings. The second-order valence-corrected chi connectivity index (χ2v) is 7.78. The zero-order valence-electron chi connectivity index (χ0n) is 18.6. The molecule has 4 N–H and O–H groups in total. The van der Waals surface area contributed by atoms with E-state index in [1.165, 1.54) is 18.6 Å². The number of hydrogen-bond donors (Lipinski definition) is 3. The maximum absolute atomic E-state index is 13.9. The van der Waals surface area contributed by atoms with Crippen LogP contribution >= 0.6 is 0 Å². The van der Waals surface area contributed by atoms with E-state index in [2.05, 4.69) is 15.0 Å². The van der Waals surface area contributed by atoms with Gasteiger partial charge in [0, 0.05) is 50.8 Å². The van der Waals surface area contributed by atoms with E-state index in [9.17, 15) is 14.3 Å². The third-order valence-electron chi connectivity index (χ3n) is 4.89. The van der Waals surface area contributed by atoms with Crippen molar-refractivity contribution in [2.75, 3.05) is 31.1 Å². The molecule has 2 saturated heterocycles. The molecule has 32 heavy (non-hydrogen) atoms. The number of pyridine rings is 1. The van der Waals surface area contributed by atoms with Gasteiger partial charge in [-0.25, -0.2) is 24.2 Å². The summed E-state index contributed by atoms with van der Waals surface area (Å²) in [5.74, 6) is -0.103. The van der Waals surface area contributed by atoms with Crippen LogP contribution in [0, 0.1) is 11.2 Å². The van der Waals surface area contributed by atoms with Crippen molar-refractivity contribution in [3.05, 3.63) is 18.1 Å². The van der Waals surface area contributed by atoms with Crippen molar-refractivity contribution in [3.8, 4) is 0 Å². The highest BCUT2D eigenvalue weighted by molar-refractivity contribution is 5.83. The number of nitrogens with zero attached hydrogens (tertiary/aromatic N) is 5. The molecule has 0 spiro atoms. The first kappa shape index (κ1) is 25.2. The number of aliphatic hydroxyl groups excluding tert-OH is 1. The molecule has 0 radical (unpaired) electrons. The van der Waals surface area contributed by atoms with E-state index in [1.54, 1.807) is 4.90 Å². The Kier molecular flexibility index (Phi) is 9.99. The largest absolute Gasteiger partial charge is 0.447 e. The monoisotopic (exact) mass is 449 g/mol. The maximum atomic E-state index is 13.9. The van der Waals surface area contributed by atoms with E-state index in [4.69, 9.17) is 15.9 Å². The highest BCUT2D eigenvalue weighted by atomic mass is 19.1. The molecular weight excluding hydrogens is 417 g/mol. The minimum absolute atomic E-state index is 0.0700. The number of rotatable bonds is 4. The number of piperidine rings is 2. The van der Waals surface area contributed by atoms with Gasteiger partial charge in [0.1, 0.15) is 6.34 Å². The molecule has 2 aliphatic rings. The van der Waals surface area contributed by atoms with Gasteiger partial charge in [0.25, 0.3) is 0 Å². The summed E-state index contributed by atoms with van der Waals surface area (Å²) in [7, 11) is 0. The first-order valence-electron chi connectivity index (χ1n) is 10.7. The van der Waals surface area contributed by atoms with Gasteiger partial charge < -0.3 is 30.8 Å². The van der Waals surface area contributed by atoms with Gasteiger partial charge in [0.2, 0.25) is 0 Å². The molecule has 11 heteroatoms. The molecule has 0 unspecified atom stereocenters. The topological polar surface area (TPSA) is 140 Å². The predicted octanol–water partition coefficient (Wildman–Crippen LogP) is 2.48. The lowest BCUT2D eigenvalue weighted by Gasteiger charge is -2.29. The molecule has 0 aliphatic carbocycles. The Bertz CT molecular complexity index is 814. The Labute approximate surface area is 187 Å². The first-order valence-corrected chi connectivity index (χ1v) is 10.7. The number of likely N-dealkylation sites (tertiary alicyclic amines) is 1. The fourth-order valence-corrected chi connectivity index (χ4v) is 3.18. The van der Waals surface area contributed by atoms with Crippen molar-refractivity contribution in [1.82, 2.24) is 9.88 Å². The van der Waals surface area contributed by atoms with Crippen LogP contribution in [0.1, 0.15) is 39.5 Å². The van der Waals surface area contributed by atoms with Crippen LogP contribution in [-0.4, -0.2) is 77.9 Å². The number of aromatic nitrogens is 1. The summed E-state index contributed by atoms with van der Waals surface area (Å²) < 4.78 is 19.0. The zero-order valence-corrected chi connectivity index (χ0v) is 18.6. The number of amides is 1. The normalized spacial score (nSPS) is 17.7. The van der Waals surface area contributed by atoms with Crippen LogP contribution in [0.4, 0.5) is 20.7 Å². The summed E-state index contributed by atoms with van der Waals surface area (Å²) in [5.41, 5.74) is 6.15. The van der Waals surface area contributed by atoms with Crippen LogP contribution in [-0.2, 0) is 4.74 Å². The van der Waals surface area contributed by atoms with E-state index in [0.717, 1.165) is 6.34 Å². The standard InChI is InChI=1S/C12H15FN6.C9H17NO3/c13-11-5-10(18-8-16-7-14)6-17-12(11)19-3-1-9(15)2-4-19;1-7(2)13-9(12)10-5-3-8(11)4-6-10/h5-8,15H,1-4H2,(H2,14,16,18);7-8,11H,3-6H2,1-2H3. The summed E-state index contributed by atoms with van der Waals surface area (Å²) in [6.07, 6.45) is 5.88. The Morgan fingerprint density at radius 2 is 2.00 bits per heavy atom. The lowest BCUT2D eigenvalue weighted by Crippen LogP contribution is -2.41. The Morgan fingerprint density at radius 3 is 2.56 bits per heavy atom. The van der Waals surface area contributed by atoms with Crippen LogP contribution in [0.2, 0.25) is 0 Å². The van der Waals surface area contributed by atoms with Crippen molar-refractivity contribution in [1.29, 1.82) is 5.41 Å². The fraction of sp³-hybridized carbons (Fsp3) is 0.571. The van der Waals surface area contributed by atoms with E-state index in [0.29, 0.717) is 69.1 Å². The van der Waals surface area contributed by atoms with Gasteiger partial charge in [0.15, 0.2) is 11.6 Å². The molecule has 176 valence electrons. The summed E-state index contributed by atoms with van der Waals surface area (Å²) in [4.78, 5) is 26.4. The van der Waals surface area contributed by atoms with Crippen LogP contribution in [0.25, 0.3) is 0 Å². The average Bonchev–Trinajstić information content (AvgIpc) is 2.75. The lowest BCUT2D eigenvalue weighted by molar-refractivity contribution is 0.0457. The summed E-state index contributed by atoms with van der Waals surface area (Å²) >= 11 is 0. The highest BCUT2D eigenvalue weighted by Crippen LogP contribution is 2.23. The van der Waals surface area contributed by atoms with Crippen LogP contribution in [0.15, 0.2) is 22.2 Å². The van der Waals surface area contributed by atoms with Gasteiger partial charge >= 0.3 is 6.09 Å². The maximum Gasteiger partial charge on any atom is 0.410 e. The number of nitrogens with two attached hydrogens (primary N) is 1. The number of halogens is 1. The molecule has 0 atom stereocenters. The molecule has 3 heterocycles. The third kappa shape index (κ3) is 8.22. The number of ether oxygens (including phenoxy) is 1. The average molecular weight is 450 g/mol. The third-order valence-corrected chi connectivity index (χ3v) is 4.89. The van der Waals surface area contributed by atoms with E-state index in [1.807, 2.05) is 18.7 Å². The summed E-state index contributed by atoms with van der Waals surface area (Å²) in [6, 6.07) is 1.31. The van der Waals surface area contributed by atoms with Crippen LogP contribution in [0.5, 0.6) is 0 Å². The SMILES string of the molecule is CC(C)OC(=O)N1CCC(O)CC1.N=C1CCN(c2ncc(N=CN=CN)cc2F)CC1. The van der Waals surface area contributed by atoms with Crippen molar-refractivity contribution < 1.29 is 19.0 Å². The Morgan fingerprint density at radius 1 is 1.34 bits per heavy atom. The minimum atomic E-state index is -0.417. The van der Waals surface area contributed by atoms with E-state index < -0.39 is 5.82 Å². The number of aliphatic hydroxyl groups is 1. The highest BCUT2D eigenvalue weighted by Gasteiger charge is 2.22. The van der Waals surface area contributed by atoms with Crippen molar-refractivity contribution in [3.63, 3.8) is 0 Å². The fourth-order valence-electron chi connectivity index (χ4n) is 3.18. The van der Waals surface area contributed by atoms with Gasteiger partial charge in [-0.1, -0.05) is 0 Å². The molecule has 2 aliphatic heterocycles. The molecule has 1 aromatic rings. The van der Waals surface area contributed by atoms with Crippen molar-refractivity contribution in [2.45, 2.75) is 51.7 Å². The molecule has 0 bridgehead atoms. The number of anilines is 1. The predicted molar refractivity (Wildman–Crippen MR) is 123 cm³/mol. The molecule has 1 aromatic heterocycles. The smallest absolute Gasteiger partial charge is 0.410 e. The number of carbonyl (C=O) groups is 1. The minimum Gasteiger partial charge on any atom is -0.447 e. The van der Waals surface area contributed by atoms with Gasteiger partial charge in [0.05, 0.1) is 30.4 Å². The van der Waals surface area contributed by atoms with E-state index >= 15 is 0 Å². The molecule has 1 amide bonds. The van der Waals surface area contributed by atoms with Gasteiger partial charge in [-0.3, -0.25) is 0 Å². The molecular formula is C21H32FN7O3. The number of hydrogen-bond acceptors (Lipinski definition) is 7. The second-order valence-electron chi connectivity index (χ2n) is 7.78. The second kappa shape index (κ2) is 12.7. The molecule has 3 rings (SSSR count). The lowest BCUT2D eigenvalue weighted by atomic mass is 10.1. The van der Waals surface area contributed by atoms with E-state index in [-0.39, 0.29) is 18.3 Å². The molecule has 10 nitrogen and oxygen atoms in total.